The van der Waals surface area contributed by atoms with E-state index in [1.807, 2.05) is 74.5 Å². The van der Waals surface area contributed by atoms with Crippen LogP contribution in [-0.4, -0.2) is 17.9 Å². The van der Waals surface area contributed by atoms with Crippen molar-refractivity contribution in [3.8, 4) is 0 Å². The predicted octanol–water partition coefficient (Wildman–Crippen LogP) is 5.01. The molecule has 0 radical (unpaired) electrons. The van der Waals surface area contributed by atoms with E-state index in [0.717, 1.165) is 22.4 Å². The molecule has 0 N–H and O–H groups in total. The van der Waals surface area contributed by atoms with E-state index in [0.29, 0.717) is 10.7 Å². The van der Waals surface area contributed by atoms with E-state index >= 15 is 0 Å². The largest absolute Gasteiger partial charge is 0.273 e. The number of hydrogen-bond donors (Lipinski definition) is 0. The molecule has 3 aromatic rings. The van der Waals surface area contributed by atoms with E-state index in [1.54, 1.807) is 17.2 Å². The fourth-order valence-corrected chi connectivity index (χ4v) is 4.46. The summed E-state index contributed by atoms with van der Waals surface area (Å²) in [7, 11) is 0. The number of hydroxylamine groups is 1. The molecule has 0 aliphatic carbocycles. The second-order valence-electron chi connectivity index (χ2n) is 7.99. The SMILES string of the molecule is Cc1ccc(N2C(=O)[C@H]3[C@@H](ON(c4ccccc4)[C@H]3c3ccc(Cl)cc3)C2=O)cc1C. The number of amides is 2. The maximum absolute atomic E-state index is 13.6. The summed E-state index contributed by atoms with van der Waals surface area (Å²) in [5.41, 5.74) is 4.36. The normalized spacial score (nSPS) is 22.9. The lowest BCUT2D eigenvalue weighted by Crippen LogP contribution is -2.37. The van der Waals surface area contributed by atoms with Crippen LogP contribution in [0.25, 0.3) is 0 Å². The molecule has 2 heterocycles. The van der Waals surface area contributed by atoms with Crippen LogP contribution in [0.2, 0.25) is 5.02 Å². The topological polar surface area (TPSA) is 49.9 Å². The zero-order chi connectivity index (χ0) is 21.7. The Morgan fingerprint density at radius 1 is 0.806 bits per heavy atom. The van der Waals surface area contributed by atoms with Crippen molar-refractivity contribution in [2.24, 2.45) is 5.92 Å². The van der Waals surface area contributed by atoms with Crippen molar-refractivity contribution < 1.29 is 14.4 Å². The zero-order valence-electron chi connectivity index (χ0n) is 17.2. The van der Waals surface area contributed by atoms with Crippen LogP contribution < -0.4 is 9.96 Å². The van der Waals surface area contributed by atoms with E-state index in [-0.39, 0.29) is 11.8 Å². The average molecular weight is 433 g/mol. The smallest absolute Gasteiger partial charge is 0.266 e. The van der Waals surface area contributed by atoms with Gasteiger partial charge in [-0.3, -0.25) is 14.4 Å². The van der Waals surface area contributed by atoms with Gasteiger partial charge in [-0.2, -0.15) is 0 Å². The number of anilines is 2. The van der Waals surface area contributed by atoms with Crippen molar-refractivity contribution in [1.82, 2.24) is 0 Å². The van der Waals surface area contributed by atoms with Gasteiger partial charge in [0, 0.05) is 5.02 Å². The highest BCUT2D eigenvalue weighted by molar-refractivity contribution is 6.30. The summed E-state index contributed by atoms with van der Waals surface area (Å²) in [5, 5.41) is 2.29. The Kier molecular flexibility index (Phi) is 4.80. The highest BCUT2D eigenvalue weighted by Gasteiger charge is 2.60. The van der Waals surface area contributed by atoms with Crippen molar-refractivity contribution in [3.63, 3.8) is 0 Å². The standard InChI is InChI=1S/C25H21ClN2O3/c1-15-8-13-20(14-16(15)2)27-24(29)21-22(17-9-11-18(26)12-10-17)28(31-23(21)25(27)30)19-6-4-3-5-7-19/h3-14,21-23H,1-2H3/t21-,22+,23-/m1/s1. The molecule has 0 spiro atoms. The van der Waals surface area contributed by atoms with E-state index in [1.165, 1.54) is 4.90 Å². The molecule has 31 heavy (non-hydrogen) atoms. The van der Waals surface area contributed by atoms with Gasteiger partial charge in [-0.05, 0) is 66.9 Å². The number of carbonyl (C=O) groups is 2. The molecule has 3 atom stereocenters. The van der Waals surface area contributed by atoms with Crippen LogP contribution in [0.1, 0.15) is 22.7 Å². The lowest BCUT2D eigenvalue weighted by molar-refractivity contribution is -0.126. The molecule has 0 saturated carbocycles. The van der Waals surface area contributed by atoms with Gasteiger partial charge in [-0.1, -0.05) is 48.0 Å². The van der Waals surface area contributed by atoms with Crippen LogP contribution in [0.4, 0.5) is 11.4 Å². The first-order valence-corrected chi connectivity index (χ1v) is 10.5. The minimum atomic E-state index is -0.880. The Morgan fingerprint density at radius 2 is 1.52 bits per heavy atom. The van der Waals surface area contributed by atoms with Gasteiger partial charge < -0.3 is 0 Å². The van der Waals surface area contributed by atoms with Crippen LogP contribution in [0, 0.1) is 19.8 Å². The van der Waals surface area contributed by atoms with Crippen molar-refractivity contribution in [1.29, 1.82) is 0 Å². The Morgan fingerprint density at radius 3 is 2.19 bits per heavy atom. The van der Waals surface area contributed by atoms with E-state index in [2.05, 4.69) is 0 Å². The summed E-state index contributed by atoms with van der Waals surface area (Å²) in [6.45, 7) is 3.97. The third-order valence-corrected chi connectivity index (χ3v) is 6.34. The Hall–Kier alpha value is -3.15. The highest BCUT2D eigenvalue weighted by Crippen LogP contribution is 2.47. The van der Waals surface area contributed by atoms with E-state index in [4.69, 9.17) is 16.4 Å². The Bertz CT molecular complexity index is 1160. The number of aryl methyl sites for hydroxylation is 2. The van der Waals surface area contributed by atoms with Crippen molar-refractivity contribution in [2.75, 3.05) is 9.96 Å². The number of nitrogens with zero attached hydrogens (tertiary/aromatic N) is 2. The number of hydrogen-bond acceptors (Lipinski definition) is 4. The van der Waals surface area contributed by atoms with Crippen LogP contribution >= 0.6 is 11.6 Å². The summed E-state index contributed by atoms with van der Waals surface area (Å²) in [6.07, 6.45) is -0.880. The minimum absolute atomic E-state index is 0.253. The zero-order valence-corrected chi connectivity index (χ0v) is 17.9. The molecule has 0 bridgehead atoms. The highest BCUT2D eigenvalue weighted by atomic mass is 35.5. The number of imide groups is 1. The van der Waals surface area contributed by atoms with Gasteiger partial charge in [0.1, 0.15) is 5.92 Å². The van der Waals surface area contributed by atoms with Gasteiger partial charge >= 0.3 is 0 Å². The van der Waals surface area contributed by atoms with Gasteiger partial charge in [0.05, 0.1) is 17.4 Å². The maximum Gasteiger partial charge on any atom is 0.266 e. The maximum atomic E-state index is 13.6. The summed E-state index contributed by atoms with van der Waals surface area (Å²) in [6, 6.07) is 22.0. The van der Waals surface area contributed by atoms with Gasteiger partial charge in [-0.25, -0.2) is 9.96 Å². The molecule has 3 aromatic carbocycles. The molecule has 0 unspecified atom stereocenters. The molecule has 5 nitrogen and oxygen atoms in total. The van der Waals surface area contributed by atoms with Crippen LogP contribution in [-0.2, 0) is 14.4 Å². The van der Waals surface area contributed by atoms with Crippen LogP contribution in [0.15, 0.2) is 72.8 Å². The monoisotopic (exact) mass is 432 g/mol. The lowest BCUT2D eigenvalue weighted by Gasteiger charge is -2.29. The summed E-state index contributed by atoms with van der Waals surface area (Å²) in [4.78, 5) is 34.3. The molecule has 2 saturated heterocycles. The summed E-state index contributed by atoms with van der Waals surface area (Å²) in [5.74, 6) is -1.25. The van der Waals surface area contributed by atoms with Gasteiger partial charge in [0.2, 0.25) is 5.91 Å². The molecule has 2 fully saturated rings. The van der Waals surface area contributed by atoms with Gasteiger partial charge in [0.25, 0.3) is 5.91 Å². The molecule has 156 valence electrons. The first-order chi connectivity index (χ1) is 15.0. The lowest BCUT2D eigenvalue weighted by atomic mass is 9.90. The van der Waals surface area contributed by atoms with Crippen molar-refractivity contribution >= 4 is 34.8 Å². The van der Waals surface area contributed by atoms with E-state index in [9.17, 15) is 9.59 Å². The quantitative estimate of drug-likeness (QED) is 0.546. The fraction of sp³-hybridized carbons (Fsp3) is 0.200. The van der Waals surface area contributed by atoms with Crippen LogP contribution in [0.3, 0.4) is 0 Å². The molecule has 5 rings (SSSR count). The summed E-state index contributed by atoms with van der Waals surface area (Å²) >= 11 is 6.09. The van der Waals surface area contributed by atoms with Crippen LogP contribution in [0.5, 0.6) is 0 Å². The fourth-order valence-electron chi connectivity index (χ4n) is 4.33. The number of carbonyl (C=O) groups excluding carboxylic acids is 2. The third kappa shape index (κ3) is 3.21. The predicted molar refractivity (Wildman–Crippen MR) is 120 cm³/mol. The number of benzene rings is 3. The van der Waals surface area contributed by atoms with Crippen molar-refractivity contribution in [2.45, 2.75) is 26.0 Å². The Balaban J connectivity index is 1.58. The van der Waals surface area contributed by atoms with E-state index < -0.39 is 18.1 Å². The van der Waals surface area contributed by atoms with Gasteiger partial charge in [-0.15, -0.1) is 0 Å². The minimum Gasteiger partial charge on any atom is -0.273 e. The second kappa shape index (κ2) is 7.52. The molecular formula is C25H21ClN2O3. The average Bonchev–Trinajstić information content (AvgIpc) is 3.28. The Labute approximate surface area is 185 Å². The molecule has 0 aromatic heterocycles. The number of rotatable bonds is 3. The molecule has 2 amide bonds. The molecule has 2 aliphatic rings. The van der Waals surface area contributed by atoms with Crippen molar-refractivity contribution in [3.05, 3.63) is 94.5 Å². The first-order valence-electron chi connectivity index (χ1n) is 10.2. The number of halogens is 1. The summed E-state index contributed by atoms with van der Waals surface area (Å²) < 4.78 is 0. The molecular weight excluding hydrogens is 412 g/mol. The second-order valence-corrected chi connectivity index (χ2v) is 8.43. The molecule has 6 heteroatoms. The molecule has 2 aliphatic heterocycles. The van der Waals surface area contributed by atoms with Gasteiger partial charge in [0.15, 0.2) is 6.10 Å². The first kappa shape index (κ1) is 19.8. The third-order valence-electron chi connectivity index (χ3n) is 6.09. The number of fused-ring (bicyclic) bond motifs is 1. The number of para-hydroxylation sites is 1.